The zero-order valence-corrected chi connectivity index (χ0v) is 13.5. The molecule has 2 nitrogen and oxygen atoms in total. The Hall–Kier alpha value is -1.96. The second-order valence-electron chi connectivity index (χ2n) is 5.39. The van der Waals surface area contributed by atoms with Crippen LogP contribution in [0.15, 0.2) is 48.5 Å². The van der Waals surface area contributed by atoms with Gasteiger partial charge in [0.1, 0.15) is 0 Å². The van der Waals surface area contributed by atoms with E-state index in [2.05, 4.69) is 48.9 Å². The van der Waals surface area contributed by atoms with Crippen LogP contribution >= 0.6 is 0 Å². The van der Waals surface area contributed by atoms with E-state index in [0.717, 1.165) is 37.2 Å². The van der Waals surface area contributed by atoms with Crippen molar-refractivity contribution in [2.24, 2.45) is 0 Å². The lowest BCUT2D eigenvalue weighted by Gasteiger charge is -2.09. The lowest BCUT2D eigenvalue weighted by molar-refractivity contribution is 0.354. The van der Waals surface area contributed by atoms with Gasteiger partial charge in [-0.3, -0.25) is 0 Å². The molecule has 0 fully saturated rings. The molecular weight excluding hydrogens is 272 g/mol. The lowest BCUT2D eigenvalue weighted by atomic mass is 10.0. The normalized spacial score (nSPS) is 10.5. The van der Waals surface area contributed by atoms with E-state index >= 15 is 0 Å². The molecule has 1 radical (unpaired) electrons. The molecule has 0 aliphatic carbocycles. The topological polar surface area (TPSA) is 18.5 Å². The van der Waals surface area contributed by atoms with Crippen LogP contribution in [0.5, 0.6) is 11.5 Å². The Morgan fingerprint density at radius 3 is 2.27 bits per heavy atom. The van der Waals surface area contributed by atoms with Gasteiger partial charge in [0.15, 0.2) is 11.5 Å². The maximum atomic E-state index is 5.34. The quantitative estimate of drug-likeness (QED) is 0.615. The molecule has 0 amide bonds. The highest BCUT2D eigenvalue weighted by Crippen LogP contribution is 2.28. The van der Waals surface area contributed by atoms with Crippen molar-refractivity contribution in [3.8, 4) is 11.5 Å². The highest BCUT2D eigenvalue weighted by Gasteiger charge is 2.04. The van der Waals surface area contributed by atoms with Crippen molar-refractivity contribution in [1.29, 1.82) is 0 Å². The maximum Gasteiger partial charge on any atom is 0.160 e. The Morgan fingerprint density at radius 2 is 1.55 bits per heavy atom. The van der Waals surface area contributed by atoms with Crippen LogP contribution in [0.25, 0.3) is 0 Å². The Bertz CT molecular complexity index is 549. The monoisotopic (exact) mass is 297 g/mol. The number of hydrogen-bond donors (Lipinski definition) is 0. The second kappa shape index (κ2) is 9.14. The van der Waals surface area contributed by atoms with Crippen LogP contribution in [0.4, 0.5) is 0 Å². The summed E-state index contributed by atoms with van der Waals surface area (Å²) in [5, 5.41) is 0. The molecule has 2 aromatic carbocycles. The molecule has 0 aliphatic heterocycles. The van der Waals surface area contributed by atoms with E-state index in [1.54, 1.807) is 14.2 Å². The first kappa shape index (κ1) is 16.4. The van der Waals surface area contributed by atoms with Gasteiger partial charge >= 0.3 is 0 Å². The minimum atomic E-state index is 0.792. The standard InChI is InChI=1S/C20H25O2/c1-21-19-15-14-18(16-20(19)22-2)13-7-4-3-6-10-17-11-8-5-9-12-17/h3,5,8-9,11-12,14-16H,4,6-7,10,13H2,1-2H3. The van der Waals surface area contributed by atoms with Crippen LogP contribution in [-0.4, -0.2) is 14.2 Å². The van der Waals surface area contributed by atoms with Crippen molar-refractivity contribution < 1.29 is 9.47 Å². The van der Waals surface area contributed by atoms with Crippen molar-refractivity contribution in [1.82, 2.24) is 0 Å². The number of ether oxygens (including phenoxy) is 2. The average molecular weight is 297 g/mol. The van der Waals surface area contributed by atoms with E-state index < -0.39 is 0 Å². The predicted octanol–water partition coefficient (Wildman–Crippen LogP) is 4.86. The highest BCUT2D eigenvalue weighted by molar-refractivity contribution is 5.42. The smallest absolute Gasteiger partial charge is 0.160 e. The Morgan fingerprint density at radius 1 is 0.773 bits per heavy atom. The fourth-order valence-electron chi connectivity index (χ4n) is 2.54. The molecule has 0 aliphatic rings. The molecule has 2 heteroatoms. The van der Waals surface area contributed by atoms with Crippen molar-refractivity contribution in [2.75, 3.05) is 14.2 Å². The summed E-state index contributed by atoms with van der Waals surface area (Å²) in [7, 11) is 3.35. The van der Waals surface area contributed by atoms with Gasteiger partial charge in [-0.15, -0.1) is 0 Å². The first-order chi connectivity index (χ1) is 10.8. The fourth-order valence-corrected chi connectivity index (χ4v) is 2.54. The molecule has 2 rings (SSSR count). The summed E-state index contributed by atoms with van der Waals surface area (Å²) >= 11 is 0. The van der Waals surface area contributed by atoms with E-state index in [0.29, 0.717) is 0 Å². The third-order valence-corrected chi connectivity index (χ3v) is 3.80. The molecule has 0 spiro atoms. The van der Waals surface area contributed by atoms with Gasteiger partial charge in [0.25, 0.3) is 0 Å². The van der Waals surface area contributed by atoms with E-state index in [1.165, 1.54) is 17.5 Å². The van der Waals surface area contributed by atoms with Crippen LogP contribution in [0, 0.1) is 6.42 Å². The number of hydrogen-bond acceptors (Lipinski definition) is 2. The van der Waals surface area contributed by atoms with E-state index in [1.807, 2.05) is 6.07 Å². The molecule has 0 heterocycles. The van der Waals surface area contributed by atoms with Crippen LogP contribution in [0.3, 0.4) is 0 Å². The van der Waals surface area contributed by atoms with E-state index in [4.69, 9.17) is 9.47 Å². The number of benzene rings is 2. The van der Waals surface area contributed by atoms with Crippen LogP contribution in [0.1, 0.15) is 30.4 Å². The van der Waals surface area contributed by atoms with Gasteiger partial charge in [0.05, 0.1) is 14.2 Å². The summed E-state index contributed by atoms with van der Waals surface area (Å²) < 4.78 is 10.6. The fraction of sp³-hybridized carbons (Fsp3) is 0.350. The zero-order chi connectivity index (χ0) is 15.6. The van der Waals surface area contributed by atoms with Crippen LogP contribution < -0.4 is 9.47 Å². The number of aryl methyl sites for hydroxylation is 2. The summed E-state index contributed by atoms with van der Waals surface area (Å²) in [6.07, 6.45) is 8.08. The Balaban J connectivity index is 1.66. The number of methoxy groups -OCH3 is 2. The maximum absolute atomic E-state index is 5.34. The largest absolute Gasteiger partial charge is 0.493 e. The zero-order valence-electron chi connectivity index (χ0n) is 13.5. The second-order valence-corrected chi connectivity index (χ2v) is 5.39. The molecule has 0 atom stereocenters. The lowest BCUT2D eigenvalue weighted by Crippen LogP contribution is -1.93. The summed E-state index contributed by atoms with van der Waals surface area (Å²) in [5.74, 6) is 1.61. The number of rotatable bonds is 9. The molecule has 0 saturated carbocycles. The van der Waals surface area contributed by atoms with Crippen molar-refractivity contribution in [2.45, 2.75) is 32.1 Å². The first-order valence-corrected chi connectivity index (χ1v) is 7.90. The third kappa shape index (κ3) is 5.10. The van der Waals surface area contributed by atoms with Gasteiger partial charge in [-0.1, -0.05) is 36.4 Å². The summed E-state index contributed by atoms with van der Waals surface area (Å²) in [5.41, 5.74) is 2.72. The van der Waals surface area contributed by atoms with Crippen LogP contribution in [0.2, 0.25) is 0 Å². The molecule has 117 valence electrons. The van der Waals surface area contributed by atoms with Gasteiger partial charge < -0.3 is 9.47 Å². The van der Waals surface area contributed by atoms with Crippen molar-refractivity contribution in [3.05, 3.63) is 66.1 Å². The minimum Gasteiger partial charge on any atom is -0.493 e. The molecule has 0 unspecified atom stereocenters. The summed E-state index contributed by atoms with van der Waals surface area (Å²) in [6, 6.07) is 16.8. The van der Waals surface area contributed by atoms with Gasteiger partial charge in [0, 0.05) is 0 Å². The molecule has 2 aromatic rings. The van der Waals surface area contributed by atoms with Crippen LogP contribution in [-0.2, 0) is 12.8 Å². The van der Waals surface area contributed by atoms with Gasteiger partial charge in [-0.25, -0.2) is 0 Å². The Kier molecular flexibility index (Phi) is 6.82. The molecule has 0 N–H and O–H groups in total. The van der Waals surface area contributed by atoms with Crippen molar-refractivity contribution in [3.63, 3.8) is 0 Å². The molecule has 0 saturated heterocycles. The van der Waals surface area contributed by atoms with Crippen molar-refractivity contribution >= 4 is 0 Å². The predicted molar refractivity (Wildman–Crippen MR) is 91.5 cm³/mol. The average Bonchev–Trinajstić information content (AvgIpc) is 2.58. The third-order valence-electron chi connectivity index (χ3n) is 3.80. The number of unbranched alkanes of at least 4 members (excludes halogenated alkanes) is 3. The molecule has 0 bridgehead atoms. The van der Waals surface area contributed by atoms with E-state index in [9.17, 15) is 0 Å². The molecule has 0 aromatic heterocycles. The SMILES string of the molecule is COc1ccc(CCC[CH]CCc2ccccc2)cc1OC. The van der Waals surface area contributed by atoms with Gasteiger partial charge in [-0.2, -0.15) is 0 Å². The Labute approximate surface area is 134 Å². The van der Waals surface area contributed by atoms with E-state index in [-0.39, 0.29) is 0 Å². The minimum absolute atomic E-state index is 0.792. The summed E-state index contributed by atoms with van der Waals surface area (Å²) in [4.78, 5) is 0. The van der Waals surface area contributed by atoms with Gasteiger partial charge in [-0.05, 0) is 61.8 Å². The summed E-state index contributed by atoms with van der Waals surface area (Å²) in [6.45, 7) is 0. The first-order valence-electron chi connectivity index (χ1n) is 7.90. The molecule has 22 heavy (non-hydrogen) atoms. The van der Waals surface area contributed by atoms with Gasteiger partial charge in [0.2, 0.25) is 0 Å². The molecular formula is C20H25O2. The highest BCUT2D eigenvalue weighted by atomic mass is 16.5.